The fourth-order valence-electron chi connectivity index (χ4n) is 3.63. The summed E-state index contributed by atoms with van der Waals surface area (Å²) in [6, 6.07) is 19.6. The third-order valence-corrected chi connectivity index (χ3v) is 5.37. The van der Waals surface area contributed by atoms with Gasteiger partial charge in [-0.25, -0.2) is 4.98 Å². The number of hydrogen-bond donors (Lipinski definition) is 1. The van der Waals surface area contributed by atoms with E-state index in [1.807, 2.05) is 79.1 Å². The summed E-state index contributed by atoms with van der Waals surface area (Å²) >= 11 is 0. The number of carbonyl (C=O) groups excluding carboxylic acids is 2. The Bertz CT molecular complexity index is 973. The topological polar surface area (TPSA) is 67.2 Å². The summed E-state index contributed by atoms with van der Waals surface area (Å²) in [5.74, 6) is 0.325. The lowest BCUT2D eigenvalue weighted by atomic mass is 9.95. The molecule has 0 spiro atoms. The van der Waals surface area contributed by atoms with Gasteiger partial charge in [-0.15, -0.1) is 0 Å². The molecular formula is C23H24N4O2. The Morgan fingerprint density at radius 1 is 1.10 bits per heavy atom. The molecule has 1 fully saturated rings. The SMILES string of the molecule is CCC1(C)CN(C(=O)c2cn(-c3ccccc3)c(-c3ccccc3)n2)CC(=O)N1. The third-order valence-electron chi connectivity index (χ3n) is 5.37. The highest BCUT2D eigenvalue weighted by atomic mass is 16.2. The molecule has 3 aromatic rings. The van der Waals surface area contributed by atoms with E-state index < -0.39 is 5.54 Å². The highest BCUT2D eigenvalue weighted by Gasteiger charge is 2.36. The van der Waals surface area contributed by atoms with Crippen LogP contribution in [0.3, 0.4) is 0 Å². The van der Waals surface area contributed by atoms with E-state index in [0.717, 1.165) is 17.7 Å². The van der Waals surface area contributed by atoms with Gasteiger partial charge in [0, 0.05) is 24.0 Å². The number of hydrogen-bond acceptors (Lipinski definition) is 3. The van der Waals surface area contributed by atoms with Gasteiger partial charge in [0.1, 0.15) is 11.5 Å². The van der Waals surface area contributed by atoms with Crippen LogP contribution >= 0.6 is 0 Å². The number of carbonyl (C=O) groups is 2. The van der Waals surface area contributed by atoms with E-state index >= 15 is 0 Å². The van der Waals surface area contributed by atoms with Crippen LogP contribution in [0.4, 0.5) is 0 Å². The van der Waals surface area contributed by atoms with E-state index in [9.17, 15) is 9.59 Å². The highest BCUT2D eigenvalue weighted by molar-refractivity contribution is 5.96. The first-order valence-corrected chi connectivity index (χ1v) is 9.79. The maximum absolute atomic E-state index is 13.2. The van der Waals surface area contributed by atoms with Crippen molar-refractivity contribution in [3.05, 3.63) is 72.6 Å². The quantitative estimate of drug-likeness (QED) is 0.746. The highest BCUT2D eigenvalue weighted by Crippen LogP contribution is 2.24. The number of benzene rings is 2. The van der Waals surface area contributed by atoms with Crippen molar-refractivity contribution < 1.29 is 9.59 Å². The fraction of sp³-hybridized carbons (Fsp3) is 0.261. The minimum absolute atomic E-state index is 0.0489. The number of nitrogens with zero attached hydrogens (tertiary/aromatic N) is 3. The Labute approximate surface area is 170 Å². The van der Waals surface area contributed by atoms with Crippen LogP contribution in [-0.4, -0.2) is 44.9 Å². The van der Waals surface area contributed by atoms with Gasteiger partial charge in [-0.2, -0.15) is 0 Å². The van der Waals surface area contributed by atoms with Crippen LogP contribution in [0.25, 0.3) is 17.1 Å². The van der Waals surface area contributed by atoms with E-state index in [4.69, 9.17) is 0 Å². The normalized spacial score (nSPS) is 19.1. The number of nitrogens with one attached hydrogen (secondary N) is 1. The molecule has 2 amide bonds. The third kappa shape index (κ3) is 3.78. The minimum atomic E-state index is -0.421. The molecule has 0 radical (unpaired) electrons. The van der Waals surface area contributed by atoms with Gasteiger partial charge < -0.3 is 10.2 Å². The lowest BCUT2D eigenvalue weighted by Gasteiger charge is -2.40. The molecule has 1 aliphatic rings. The zero-order chi connectivity index (χ0) is 20.4. The first-order valence-electron chi connectivity index (χ1n) is 9.79. The summed E-state index contributed by atoms with van der Waals surface area (Å²) in [6.07, 6.45) is 2.51. The lowest BCUT2D eigenvalue weighted by Crippen LogP contribution is -2.62. The summed E-state index contributed by atoms with van der Waals surface area (Å²) in [5.41, 5.74) is 1.76. The number of rotatable bonds is 4. The average Bonchev–Trinajstić information content (AvgIpc) is 3.19. The van der Waals surface area contributed by atoms with Crippen LogP contribution in [0.15, 0.2) is 66.9 Å². The zero-order valence-electron chi connectivity index (χ0n) is 16.6. The molecule has 2 heterocycles. The number of aromatic nitrogens is 2. The molecule has 29 heavy (non-hydrogen) atoms. The summed E-state index contributed by atoms with van der Waals surface area (Å²) in [6.45, 7) is 4.48. The summed E-state index contributed by atoms with van der Waals surface area (Å²) in [5, 5.41) is 2.99. The van der Waals surface area contributed by atoms with Crippen LogP contribution in [0.2, 0.25) is 0 Å². The van der Waals surface area contributed by atoms with Crippen molar-refractivity contribution in [2.75, 3.05) is 13.1 Å². The van der Waals surface area contributed by atoms with E-state index in [2.05, 4.69) is 10.3 Å². The van der Waals surface area contributed by atoms with Crippen molar-refractivity contribution in [1.82, 2.24) is 19.8 Å². The minimum Gasteiger partial charge on any atom is -0.348 e. The van der Waals surface area contributed by atoms with Crippen molar-refractivity contribution >= 4 is 11.8 Å². The molecule has 1 aromatic heterocycles. The molecule has 1 aliphatic heterocycles. The van der Waals surface area contributed by atoms with E-state index in [1.165, 1.54) is 0 Å². The second-order valence-corrected chi connectivity index (χ2v) is 7.64. The fourth-order valence-corrected chi connectivity index (χ4v) is 3.63. The number of para-hydroxylation sites is 1. The van der Waals surface area contributed by atoms with Gasteiger partial charge in [0.05, 0.1) is 12.1 Å². The smallest absolute Gasteiger partial charge is 0.274 e. The molecule has 1 saturated heterocycles. The molecule has 0 saturated carbocycles. The predicted octanol–water partition coefficient (Wildman–Crippen LogP) is 3.28. The Balaban J connectivity index is 1.74. The Hall–Kier alpha value is -3.41. The van der Waals surface area contributed by atoms with Crippen LogP contribution < -0.4 is 5.32 Å². The molecule has 2 aromatic carbocycles. The van der Waals surface area contributed by atoms with Gasteiger partial charge >= 0.3 is 0 Å². The zero-order valence-corrected chi connectivity index (χ0v) is 16.6. The average molecular weight is 388 g/mol. The standard InChI is InChI=1S/C23H24N4O2/c1-3-23(2)16-26(15-20(28)25-23)22(29)19-14-27(18-12-8-5-9-13-18)21(24-19)17-10-6-4-7-11-17/h4-14H,3,15-16H2,1-2H3,(H,25,28). The molecule has 1 N–H and O–H groups in total. The number of imidazole rings is 1. The van der Waals surface area contributed by atoms with Crippen molar-refractivity contribution in [1.29, 1.82) is 0 Å². The van der Waals surface area contributed by atoms with Crippen LogP contribution in [-0.2, 0) is 4.79 Å². The van der Waals surface area contributed by atoms with Crippen molar-refractivity contribution in [2.24, 2.45) is 0 Å². The molecule has 6 heteroatoms. The van der Waals surface area contributed by atoms with Crippen molar-refractivity contribution in [2.45, 2.75) is 25.8 Å². The number of piperazine rings is 1. The molecule has 0 aliphatic carbocycles. The molecule has 1 unspecified atom stereocenters. The van der Waals surface area contributed by atoms with Gasteiger partial charge in [0.2, 0.25) is 5.91 Å². The van der Waals surface area contributed by atoms with Gasteiger partial charge in [-0.3, -0.25) is 14.2 Å². The lowest BCUT2D eigenvalue weighted by molar-refractivity contribution is -0.126. The Kier molecular flexibility index (Phi) is 4.92. The molecule has 148 valence electrons. The first kappa shape index (κ1) is 18.9. The maximum atomic E-state index is 13.2. The largest absolute Gasteiger partial charge is 0.348 e. The van der Waals surface area contributed by atoms with Gasteiger partial charge in [-0.05, 0) is 25.5 Å². The summed E-state index contributed by atoms with van der Waals surface area (Å²) in [4.78, 5) is 31.7. The van der Waals surface area contributed by atoms with E-state index in [-0.39, 0.29) is 18.4 Å². The second-order valence-electron chi connectivity index (χ2n) is 7.64. The van der Waals surface area contributed by atoms with Crippen LogP contribution in [0.5, 0.6) is 0 Å². The monoisotopic (exact) mass is 388 g/mol. The number of amides is 2. The molecule has 1 atom stereocenters. The van der Waals surface area contributed by atoms with Crippen molar-refractivity contribution in [3.63, 3.8) is 0 Å². The summed E-state index contributed by atoms with van der Waals surface area (Å²) in [7, 11) is 0. The van der Waals surface area contributed by atoms with E-state index in [0.29, 0.717) is 18.1 Å². The van der Waals surface area contributed by atoms with Crippen molar-refractivity contribution in [3.8, 4) is 17.1 Å². The van der Waals surface area contributed by atoms with Gasteiger partial charge in [0.25, 0.3) is 5.91 Å². The summed E-state index contributed by atoms with van der Waals surface area (Å²) < 4.78 is 1.92. The second kappa shape index (κ2) is 7.54. The molecule has 4 rings (SSSR count). The van der Waals surface area contributed by atoms with Crippen LogP contribution in [0, 0.1) is 0 Å². The molecule has 0 bridgehead atoms. The van der Waals surface area contributed by atoms with Gasteiger partial charge in [-0.1, -0.05) is 55.5 Å². The molecule has 6 nitrogen and oxygen atoms in total. The Morgan fingerprint density at radius 2 is 1.76 bits per heavy atom. The maximum Gasteiger partial charge on any atom is 0.274 e. The van der Waals surface area contributed by atoms with Gasteiger partial charge in [0.15, 0.2) is 0 Å². The Morgan fingerprint density at radius 3 is 2.41 bits per heavy atom. The predicted molar refractivity (Wildman–Crippen MR) is 112 cm³/mol. The van der Waals surface area contributed by atoms with Crippen LogP contribution in [0.1, 0.15) is 30.8 Å². The molecular weight excluding hydrogens is 364 g/mol. The van der Waals surface area contributed by atoms with E-state index in [1.54, 1.807) is 11.1 Å². The first-order chi connectivity index (χ1) is 14.0.